The van der Waals surface area contributed by atoms with Gasteiger partial charge >= 0.3 is 0 Å². The number of halogens is 2. The SMILES string of the molecule is CNC(Cc1ccc(Br)cn1)c1cccc(F)c1. The minimum Gasteiger partial charge on any atom is -0.313 e. The van der Waals surface area contributed by atoms with E-state index in [1.165, 1.54) is 6.07 Å². The van der Waals surface area contributed by atoms with Crippen molar-refractivity contribution in [1.82, 2.24) is 10.3 Å². The molecule has 94 valence electrons. The molecule has 0 saturated heterocycles. The Hall–Kier alpha value is -1.26. The number of nitrogens with zero attached hydrogens (tertiary/aromatic N) is 1. The zero-order valence-electron chi connectivity index (χ0n) is 10.0. The smallest absolute Gasteiger partial charge is 0.123 e. The van der Waals surface area contributed by atoms with Crippen LogP contribution in [0.25, 0.3) is 0 Å². The van der Waals surface area contributed by atoms with E-state index in [2.05, 4.69) is 26.2 Å². The van der Waals surface area contributed by atoms with Crippen LogP contribution >= 0.6 is 15.9 Å². The Bertz CT molecular complexity index is 513. The maximum atomic E-state index is 13.2. The van der Waals surface area contributed by atoms with Crippen molar-refractivity contribution in [1.29, 1.82) is 0 Å². The highest BCUT2D eigenvalue weighted by molar-refractivity contribution is 9.10. The topological polar surface area (TPSA) is 24.9 Å². The van der Waals surface area contributed by atoms with Crippen molar-refractivity contribution < 1.29 is 4.39 Å². The number of nitrogens with one attached hydrogen (secondary N) is 1. The number of likely N-dealkylation sites (N-methyl/N-ethyl adjacent to an activating group) is 1. The third kappa shape index (κ3) is 3.37. The molecule has 0 aliphatic rings. The maximum Gasteiger partial charge on any atom is 0.123 e. The van der Waals surface area contributed by atoms with Crippen molar-refractivity contribution in [2.75, 3.05) is 7.05 Å². The summed E-state index contributed by atoms with van der Waals surface area (Å²) in [5.74, 6) is -0.212. The predicted octanol–water partition coefficient (Wildman–Crippen LogP) is 3.49. The molecule has 4 heteroatoms. The molecule has 0 aliphatic carbocycles. The van der Waals surface area contributed by atoms with Crippen LogP contribution in [-0.2, 0) is 6.42 Å². The van der Waals surface area contributed by atoms with Crippen LogP contribution in [0.4, 0.5) is 4.39 Å². The van der Waals surface area contributed by atoms with E-state index in [1.54, 1.807) is 18.3 Å². The second-order valence-electron chi connectivity index (χ2n) is 4.07. The van der Waals surface area contributed by atoms with E-state index in [9.17, 15) is 4.39 Å². The van der Waals surface area contributed by atoms with Crippen LogP contribution in [0.2, 0.25) is 0 Å². The molecule has 2 rings (SSSR count). The quantitative estimate of drug-likeness (QED) is 0.935. The Morgan fingerprint density at radius 1 is 1.33 bits per heavy atom. The molecule has 0 saturated carbocycles. The molecule has 0 amide bonds. The van der Waals surface area contributed by atoms with Gasteiger partial charge < -0.3 is 5.32 Å². The van der Waals surface area contributed by atoms with Crippen molar-refractivity contribution in [3.05, 3.63) is 64.1 Å². The normalized spacial score (nSPS) is 12.4. The van der Waals surface area contributed by atoms with E-state index in [4.69, 9.17) is 0 Å². The molecule has 0 radical (unpaired) electrons. The van der Waals surface area contributed by atoms with E-state index in [1.807, 2.05) is 25.2 Å². The lowest BCUT2D eigenvalue weighted by atomic mass is 10.0. The van der Waals surface area contributed by atoms with E-state index in [0.29, 0.717) is 0 Å². The minimum absolute atomic E-state index is 0.0642. The van der Waals surface area contributed by atoms with E-state index in [-0.39, 0.29) is 11.9 Å². The van der Waals surface area contributed by atoms with Gasteiger partial charge in [-0.25, -0.2) is 4.39 Å². The van der Waals surface area contributed by atoms with Crippen molar-refractivity contribution >= 4 is 15.9 Å². The Morgan fingerprint density at radius 3 is 2.78 bits per heavy atom. The van der Waals surface area contributed by atoms with Crippen LogP contribution in [-0.4, -0.2) is 12.0 Å². The lowest BCUT2D eigenvalue weighted by molar-refractivity contribution is 0.571. The molecule has 1 aromatic carbocycles. The Kier molecular flexibility index (Phi) is 4.44. The number of pyridine rings is 1. The fourth-order valence-corrected chi connectivity index (χ4v) is 2.08. The van der Waals surface area contributed by atoms with Crippen LogP contribution < -0.4 is 5.32 Å². The fraction of sp³-hybridized carbons (Fsp3) is 0.214. The van der Waals surface area contributed by atoms with E-state index >= 15 is 0 Å². The van der Waals surface area contributed by atoms with E-state index < -0.39 is 0 Å². The molecular weight excluding hydrogens is 295 g/mol. The van der Waals surface area contributed by atoms with Crippen LogP contribution in [0.1, 0.15) is 17.3 Å². The molecule has 0 spiro atoms. The lowest BCUT2D eigenvalue weighted by Crippen LogP contribution is -2.19. The largest absolute Gasteiger partial charge is 0.313 e. The van der Waals surface area contributed by atoms with Gasteiger partial charge in [-0.1, -0.05) is 12.1 Å². The van der Waals surface area contributed by atoms with Gasteiger partial charge in [-0.2, -0.15) is 0 Å². The van der Waals surface area contributed by atoms with Crippen LogP contribution in [0.5, 0.6) is 0 Å². The molecule has 2 aromatic rings. The molecule has 1 atom stereocenters. The van der Waals surface area contributed by atoms with Crippen LogP contribution in [0, 0.1) is 5.82 Å². The average molecular weight is 309 g/mol. The number of aromatic nitrogens is 1. The summed E-state index contributed by atoms with van der Waals surface area (Å²) in [4.78, 5) is 4.33. The van der Waals surface area contributed by atoms with Gasteiger partial charge in [-0.3, -0.25) is 4.98 Å². The first kappa shape index (κ1) is 13.2. The number of rotatable bonds is 4. The Balaban J connectivity index is 2.17. The molecule has 1 N–H and O–H groups in total. The summed E-state index contributed by atoms with van der Waals surface area (Å²) in [6.07, 6.45) is 2.50. The summed E-state index contributed by atoms with van der Waals surface area (Å²) in [6, 6.07) is 10.6. The first-order valence-corrected chi connectivity index (χ1v) is 6.51. The molecule has 1 heterocycles. The molecule has 2 nitrogen and oxygen atoms in total. The molecule has 18 heavy (non-hydrogen) atoms. The van der Waals surface area contributed by atoms with Gasteiger partial charge in [0, 0.05) is 28.8 Å². The van der Waals surface area contributed by atoms with Gasteiger partial charge in [0.2, 0.25) is 0 Å². The zero-order chi connectivity index (χ0) is 13.0. The van der Waals surface area contributed by atoms with Gasteiger partial charge in [-0.15, -0.1) is 0 Å². The summed E-state index contributed by atoms with van der Waals surface area (Å²) in [5.41, 5.74) is 1.91. The molecule has 0 aliphatic heterocycles. The van der Waals surface area contributed by atoms with Gasteiger partial charge in [0.05, 0.1) is 0 Å². The standard InChI is InChI=1S/C14H14BrFN2/c1-17-14(10-3-2-4-12(16)7-10)8-13-6-5-11(15)9-18-13/h2-7,9,14,17H,8H2,1H3. The molecule has 1 unspecified atom stereocenters. The summed E-state index contributed by atoms with van der Waals surface area (Å²) in [6.45, 7) is 0. The third-order valence-corrected chi connectivity index (χ3v) is 3.27. The van der Waals surface area contributed by atoms with Crippen LogP contribution in [0.3, 0.4) is 0 Å². The Labute approximate surface area is 114 Å². The predicted molar refractivity (Wildman–Crippen MR) is 73.8 cm³/mol. The third-order valence-electron chi connectivity index (χ3n) is 2.80. The molecular formula is C14H14BrFN2. The lowest BCUT2D eigenvalue weighted by Gasteiger charge is -2.16. The summed E-state index contributed by atoms with van der Waals surface area (Å²) in [5, 5.41) is 3.19. The molecule has 1 aromatic heterocycles. The van der Waals surface area contributed by atoms with Gasteiger partial charge in [0.1, 0.15) is 5.82 Å². The van der Waals surface area contributed by atoms with Gasteiger partial charge in [0.15, 0.2) is 0 Å². The van der Waals surface area contributed by atoms with Gasteiger partial charge in [-0.05, 0) is 52.8 Å². The van der Waals surface area contributed by atoms with Gasteiger partial charge in [0.25, 0.3) is 0 Å². The zero-order valence-corrected chi connectivity index (χ0v) is 11.6. The van der Waals surface area contributed by atoms with E-state index in [0.717, 1.165) is 22.2 Å². The minimum atomic E-state index is -0.212. The summed E-state index contributed by atoms with van der Waals surface area (Å²) >= 11 is 3.36. The summed E-state index contributed by atoms with van der Waals surface area (Å²) in [7, 11) is 1.87. The number of benzene rings is 1. The second-order valence-corrected chi connectivity index (χ2v) is 4.98. The van der Waals surface area contributed by atoms with Crippen molar-refractivity contribution in [2.45, 2.75) is 12.5 Å². The maximum absolute atomic E-state index is 13.2. The fourth-order valence-electron chi connectivity index (χ4n) is 1.85. The highest BCUT2D eigenvalue weighted by atomic mass is 79.9. The molecule has 0 bridgehead atoms. The number of hydrogen-bond acceptors (Lipinski definition) is 2. The first-order chi connectivity index (χ1) is 8.69. The first-order valence-electron chi connectivity index (χ1n) is 5.72. The molecule has 0 fully saturated rings. The van der Waals surface area contributed by atoms with Crippen molar-refractivity contribution in [3.8, 4) is 0 Å². The average Bonchev–Trinajstić information content (AvgIpc) is 2.38. The van der Waals surface area contributed by atoms with Crippen LogP contribution in [0.15, 0.2) is 47.1 Å². The van der Waals surface area contributed by atoms with Crippen molar-refractivity contribution in [3.63, 3.8) is 0 Å². The number of hydrogen-bond donors (Lipinski definition) is 1. The van der Waals surface area contributed by atoms with Crippen molar-refractivity contribution in [2.24, 2.45) is 0 Å². The second kappa shape index (κ2) is 6.07. The Morgan fingerprint density at radius 2 is 2.17 bits per heavy atom. The summed E-state index contributed by atoms with van der Waals surface area (Å²) < 4.78 is 14.2. The highest BCUT2D eigenvalue weighted by Gasteiger charge is 2.11. The monoisotopic (exact) mass is 308 g/mol. The highest BCUT2D eigenvalue weighted by Crippen LogP contribution is 2.18.